The number of hydrogen-bond donors (Lipinski definition) is 2. The fourth-order valence-electron chi connectivity index (χ4n) is 2.42. The number of nitrogens with zero attached hydrogens (tertiary/aromatic N) is 2. The number of nitrogens with one attached hydrogen (secondary N) is 1. The zero-order valence-corrected chi connectivity index (χ0v) is 12.0. The highest BCUT2D eigenvalue weighted by molar-refractivity contribution is 5.90. The predicted octanol–water partition coefficient (Wildman–Crippen LogP) is 3.18. The average Bonchev–Trinajstić information content (AvgIpc) is 2.49. The molecule has 4 nitrogen and oxygen atoms in total. The van der Waals surface area contributed by atoms with E-state index in [1.165, 1.54) is 11.1 Å². The fourth-order valence-corrected chi connectivity index (χ4v) is 2.42. The molecule has 0 bridgehead atoms. The Hall–Kier alpha value is -2.62. The minimum absolute atomic E-state index is 0.715. The summed E-state index contributed by atoms with van der Waals surface area (Å²) >= 11 is 0. The lowest BCUT2D eigenvalue weighted by molar-refractivity contribution is 0.994. The second-order valence-corrected chi connectivity index (χ2v) is 5.10. The molecule has 0 unspecified atom stereocenters. The van der Waals surface area contributed by atoms with Crippen LogP contribution in [-0.4, -0.2) is 16.5 Å². The molecule has 0 atom stereocenters. The summed E-state index contributed by atoms with van der Waals surface area (Å²) in [6.45, 7) is 2.97. The van der Waals surface area contributed by atoms with Crippen LogP contribution >= 0.6 is 0 Å². The molecular weight excluding hydrogens is 260 g/mol. The van der Waals surface area contributed by atoms with Crippen molar-refractivity contribution in [1.82, 2.24) is 9.97 Å². The van der Waals surface area contributed by atoms with E-state index >= 15 is 0 Å². The van der Waals surface area contributed by atoms with Crippen molar-refractivity contribution in [2.45, 2.75) is 13.3 Å². The molecule has 3 N–H and O–H groups in total. The van der Waals surface area contributed by atoms with Crippen LogP contribution in [0.1, 0.15) is 11.1 Å². The third kappa shape index (κ3) is 2.94. The number of rotatable bonds is 4. The van der Waals surface area contributed by atoms with Crippen LogP contribution in [0.5, 0.6) is 0 Å². The van der Waals surface area contributed by atoms with Crippen molar-refractivity contribution in [2.75, 3.05) is 17.6 Å². The summed E-state index contributed by atoms with van der Waals surface area (Å²) < 4.78 is 0. The summed E-state index contributed by atoms with van der Waals surface area (Å²) in [6.07, 6.45) is 2.53. The van der Waals surface area contributed by atoms with Crippen molar-refractivity contribution in [3.05, 3.63) is 59.9 Å². The molecule has 0 aliphatic carbocycles. The van der Waals surface area contributed by atoms with E-state index in [9.17, 15) is 0 Å². The van der Waals surface area contributed by atoms with E-state index in [0.29, 0.717) is 5.69 Å². The molecular formula is C17H18N4. The van der Waals surface area contributed by atoms with Gasteiger partial charge in [-0.05, 0) is 42.7 Å². The molecule has 3 aromatic rings. The van der Waals surface area contributed by atoms with Crippen LogP contribution in [0.2, 0.25) is 0 Å². The van der Waals surface area contributed by atoms with Gasteiger partial charge in [-0.2, -0.15) is 0 Å². The number of nitrogens with two attached hydrogens (primary N) is 1. The molecule has 1 aromatic heterocycles. The molecule has 0 amide bonds. The number of nitrogen functional groups attached to an aromatic ring is 1. The molecule has 3 rings (SSSR count). The zero-order chi connectivity index (χ0) is 14.7. The molecule has 1 heterocycles. The van der Waals surface area contributed by atoms with Crippen molar-refractivity contribution in [3.8, 4) is 0 Å². The van der Waals surface area contributed by atoms with Crippen LogP contribution in [0.4, 0.5) is 11.5 Å². The Labute approximate surface area is 124 Å². The lowest BCUT2D eigenvalue weighted by Gasteiger charge is -2.10. The highest BCUT2D eigenvalue weighted by atomic mass is 15.0. The van der Waals surface area contributed by atoms with E-state index < -0.39 is 0 Å². The van der Waals surface area contributed by atoms with Crippen LogP contribution in [0, 0.1) is 6.92 Å². The largest absolute Gasteiger partial charge is 0.399 e. The first-order valence-corrected chi connectivity index (χ1v) is 7.02. The van der Waals surface area contributed by atoms with Gasteiger partial charge in [-0.3, -0.25) is 0 Å². The SMILES string of the molecule is Cc1ccccc1CCNc1ncnc2cc(N)ccc12. The smallest absolute Gasteiger partial charge is 0.137 e. The first-order chi connectivity index (χ1) is 10.2. The van der Waals surface area contributed by atoms with Gasteiger partial charge in [0.1, 0.15) is 12.1 Å². The minimum Gasteiger partial charge on any atom is -0.399 e. The highest BCUT2D eigenvalue weighted by Crippen LogP contribution is 2.21. The zero-order valence-electron chi connectivity index (χ0n) is 12.0. The molecule has 0 radical (unpaired) electrons. The number of fused-ring (bicyclic) bond motifs is 1. The van der Waals surface area contributed by atoms with Crippen molar-refractivity contribution in [2.24, 2.45) is 0 Å². The predicted molar refractivity (Wildman–Crippen MR) is 87.3 cm³/mol. The van der Waals surface area contributed by atoms with Crippen molar-refractivity contribution < 1.29 is 0 Å². The molecule has 0 saturated heterocycles. The molecule has 0 saturated carbocycles. The van der Waals surface area contributed by atoms with Gasteiger partial charge in [0.15, 0.2) is 0 Å². The van der Waals surface area contributed by atoms with E-state index in [2.05, 4.69) is 46.5 Å². The van der Waals surface area contributed by atoms with Gasteiger partial charge >= 0.3 is 0 Å². The average molecular weight is 278 g/mol. The van der Waals surface area contributed by atoms with E-state index in [1.807, 2.05) is 18.2 Å². The second-order valence-electron chi connectivity index (χ2n) is 5.10. The Kier molecular flexibility index (Phi) is 3.69. The topological polar surface area (TPSA) is 63.8 Å². The highest BCUT2D eigenvalue weighted by Gasteiger charge is 2.04. The van der Waals surface area contributed by atoms with Crippen LogP contribution < -0.4 is 11.1 Å². The molecule has 0 aliphatic heterocycles. The van der Waals surface area contributed by atoms with Gasteiger partial charge < -0.3 is 11.1 Å². The maximum atomic E-state index is 5.79. The van der Waals surface area contributed by atoms with Crippen LogP contribution in [0.25, 0.3) is 10.9 Å². The Bertz CT molecular complexity index is 768. The van der Waals surface area contributed by atoms with E-state index in [1.54, 1.807) is 6.33 Å². The Morgan fingerprint density at radius 2 is 1.95 bits per heavy atom. The number of hydrogen-bond acceptors (Lipinski definition) is 4. The Morgan fingerprint density at radius 3 is 2.81 bits per heavy atom. The fraction of sp³-hybridized carbons (Fsp3) is 0.176. The molecule has 106 valence electrons. The Balaban J connectivity index is 1.75. The summed E-state index contributed by atoms with van der Waals surface area (Å²) in [7, 11) is 0. The van der Waals surface area contributed by atoms with Crippen LogP contribution in [0.3, 0.4) is 0 Å². The summed E-state index contributed by atoms with van der Waals surface area (Å²) in [6, 6.07) is 14.1. The standard InChI is InChI=1S/C17H18N4/c1-12-4-2-3-5-13(12)8-9-19-17-15-7-6-14(18)10-16(15)20-11-21-17/h2-7,10-11H,8-9,18H2,1H3,(H,19,20,21). The molecule has 4 heteroatoms. The lowest BCUT2D eigenvalue weighted by Crippen LogP contribution is -2.08. The normalized spacial score (nSPS) is 10.7. The Morgan fingerprint density at radius 1 is 1.10 bits per heavy atom. The number of benzene rings is 2. The molecule has 0 aliphatic rings. The van der Waals surface area contributed by atoms with Gasteiger partial charge in [-0.15, -0.1) is 0 Å². The van der Waals surface area contributed by atoms with Crippen LogP contribution in [-0.2, 0) is 6.42 Å². The van der Waals surface area contributed by atoms with Crippen molar-refractivity contribution >= 4 is 22.4 Å². The maximum Gasteiger partial charge on any atom is 0.137 e. The van der Waals surface area contributed by atoms with Crippen LogP contribution in [0.15, 0.2) is 48.8 Å². The monoisotopic (exact) mass is 278 g/mol. The summed E-state index contributed by atoms with van der Waals surface area (Å²) in [5, 5.41) is 4.39. The lowest BCUT2D eigenvalue weighted by atomic mass is 10.1. The first kappa shape index (κ1) is 13.4. The summed E-state index contributed by atoms with van der Waals surface area (Å²) in [5.41, 5.74) is 10.0. The van der Waals surface area contributed by atoms with E-state index in [-0.39, 0.29) is 0 Å². The van der Waals surface area contributed by atoms with Gasteiger partial charge in [-0.25, -0.2) is 9.97 Å². The molecule has 2 aromatic carbocycles. The quantitative estimate of drug-likeness (QED) is 0.719. The van der Waals surface area contributed by atoms with Gasteiger partial charge in [0.2, 0.25) is 0 Å². The number of aryl methyl sites for hydroxylation is 1. The van der Waals surface area contributed by atoms with Gasteiger partial charge in [0, 0.05) is 17.6 Å². The summed E-state index contributed by atoms with van der Waals surface area (Å²) in [4.78, 5) is 8.58. The molecule has 0 spiro atoms. The van der Waals surface area contributed by atoms with Crippen molar-refractivity contribution in [1.29, 1.82) is 0 Å². The van der Waals surface area contributed by atoms with Gasteiger partial charge in [0.25, 0.3) is 0 Å². The summed E-state index contributed by atoms with van der Waals surface area (Å²) in [5.74, 6) is 0.855. The van der Waals surface area contributed by atoms with Crippen molar-refractivity contribution in [3.63, 3.8) is 0 Å². The molecule has 21 heavy (non-hydrogen) atoms. The first-order valence-electron chi connectivity index (χ1n) is 7.02. The third-order valence-electron chi connectivity index (χ3n) is 3.61. The third-order valence-corrected chi connectivity index (χ3v) is 3.61. The second kappa shape index (κ2) is 5.79. The van der Waals surface area contributed by atoms with E-state index in [4.69, 9.17) is 5.73 Å². The minimum atomic E-state index is 0.715. The number of aromatic nitrogens is 2. The number of anilines is 2. The van der Waals surface area contributed by atoms with Gasteiger partial charge in [-0.1, -0.05) is 24.3 Å². The molecule has 0 fully saturated rings. The van der Waals surface area contributed by atoms with E-state index in [0.717, 1.165) is 29.7 Å². The van der Waals surface area contributed by atoms with Gasteiger partial charge in [0.05, 0.1) is 5.52 Å². The maximum absolute atomic E-state index is 5.79.